The first-order valence-electron chi connectivity index (χ1n) is 4.26. The molecule has 0 aromatic rings. The Morgan fingerprint density at radius 1 is 1.50 bits per heavy atom. The summed E-state index contributed by atoms with van der Waals surface area (Å²) in [7, 11) is 0. The van der Waals surface area contributed by atoms with Crippen LogP contribution < -0.4 is 0 Å². The Hall–Kier alpha value is -0.0800. The van der Waals surface area contributed by atoms with E-state index < -0.39 is 0 Å². The molecule has 2 nitrogen and oxygen atoms in total. The highest BCUT2D eigenvalue weighted by molar-refractivity contribution is 4.67. The van der Waals surface area contributed by atoms with Gasteiger partial charge in [0.2, 0.25) is 0 Å². The van der Waals surface area contributed by atoms with Crippen LogP contribution in [0, 0.1) is 0 Å². The van der Waals surface area contributed by atoms with Gasteiger partial charge >= 0.3 is 0 Å². The number of nitrogens with zero attached hydrogens (tertiary/aromatic N) is 1. The standard InChI is InChI=1S/C8H17NO/c1-2-6-9-7-4-3-5-8(9)10/h8,10H,2-7H2,1H3. The van der Waals surface area contributed by atoms with Gasteiger partial charge in [-0.05, 0) is 25.7 Å². The monoisotopic (exact) mass is 143 g/mol. The molecule has 60 valence electrons. The van der Waals surface area contributed by atoms with Crippen molar-refractivity contribution >= 4 is 0 Å². The Morgan fingerprint density at radius 2 is 2.30 bits per heavy atom. The molecule has 0 saturated carbocycles. The van der Waals surface area contributed by atoms with E-state index in [4.69, 9.17) is 0 Å². The summed E-state index contributed by atoms with van der Waals surface area (Å²) in [6, 6.07) is 0. The first kappa shape index (κ1) is 8.02. The third-order valence-electron chi connectivity index (χ3n) is 2.09. The fourth-order valence-corrected chi connectivity index (χ4v) is 1.52. The summed E-state index contributed by atoms with van der Waals surface area (Å²) in [6.45, 7) is 4.30. The third-order valence-corrected chi connectivity index (χ3v) is 2.09. The van der Waals surface area contributed by atoms with E-state index in [0.29, 0.717) is 0 Å². The smallest absolute Gasteiger partial charge is 0.107 e. The molecule has 0 spiro atoms. The molecule has 2 heteroatoms. The molecule has 0 amide bonds. The molecule has 0 aromatic heterocycles. The summed E-state index contributed by atoms with van der Waals surface area (Å²) in [5, 5.41) is 9.43. The van der Waals surface area contributed by atoms with Gasteiger partial charge in [-0.1, -0.05) is 6.92 Å². The molecule has 1 heterocycles. The van der Waals surface area contributed by atoms with E-state index in [1.807, 2.05) is 0 Å². The van der Waals surface area contributed by atoms with Crippen LogP contribution in [0.5, 0.6) is 0 Å². The topological polar surface area (TPSA) is 23.5 Å². The maximum Gasteiger partial charge on any atom is 0.107 e. The van der Waals surface area contributed by atoms with Gasteiger partial charge in [0.1, 0.15) is 6.23 Å². The summed E-state index contributed by atoms with van der Waals surface area (Å²) >= 11 is 0. The van der Waals surface area contributed by atoms with E-state index in [1.165, 1.54) is 12.8 Å². The van der Waals surface area contributed by atoms with Crippen molar-refractivity contribution in [1.82, 2.24) is 4.90 Å². The zero-order valence-electron chi connectivity index (χ0n) is 6.71. The largest absolute Gasteiger partial charge is 0.378 e. The van der Waals surface area contributed by atoms with Crippen LogP contribution in [-0.4, -0.2) is 29.3 Å². The zero-order valence-corrected chi connectivity index (χ0v) is 6.71. The highest BCUT2D eigenvalue weighted by atomic mass is 16.3. The number of rotatable bonds is 2. The number of piperidine rings is 1. The van der Waals surface area contributed by atoms with Crippen LogP contribution in [0.15, 0.2) is 0 Å². The first-order chi connectivity index (χ1) is 4.84. The predicted molar refractivity (Wildman–Crippen MR) is 41.7 cm³/mol. The zero-order chi connectivity index (χ0) is 7.40. The first-order valence-corrected chi connectivity index (χ1v) is 4.26. The second-order valence-corrected chi connectivity index (χ2v) is 3.01. The molecule has 1 unspecified atom stereocenters. The van der Waals surface area contributed by atoms with Crippen molar-refractivity contribution in [3.63, 3.8) is 0 Å². The quantitative estimate of drug-likeness (QED) is 0.628. The van der Waals surface area contributed by atoms with Crippen LogP contribution in [0.25, 0.3) is 0 Å². The highest BCUT2D eigenvalue weighted by Gasteiger charge is 2.17. The average molecular weight is 143 g/mol. The average Bonchev–Trinajstić information content (AvgIpc) is 1.94. The Labute approximate surface area is 62.8 Å². The van der Waals surface area contributed by atoms with Crippen molar-refractivity contribution in [2.24, 2.45) is 0 Å². The molecular weight excluding hydrogens is 126 g/mol. The lowest BCUT2D eigenvalue weighted by atomic mass is 10.1. The lowest BCUT2D eigenvalue weighted by Gasteiger charge is -2.31. The van der Waals surface area contributed by atoms with Crippen molar-refractivity contribution in [2.75, 3.05) is 13.1 Å². The molecule has 0 radical (unpaired) electrons. The minimum absolute atomic E-state index is 0.145. The molecule has 1 fully saturated rings. The van der Waals surface area contributed by atoms with Crippen molar-refractivity contribution < 1.29 is 5.11 Å². The Kier molecular flexibility index (Phi) is 3.16. The van der Waals surface area contributed by atoms with E-state index in [1.54, 1.807) is 0 Å². The predicted octanol–water partition coefficient (Wildman–Crippen LogP) is 1.20. The van der Waals surface area contributed by atoms with Crippen LogP contribution >= 0.6 is 0 Å². The van der Waals surface area contributed by atoms with Gasteiger partial charge in [-0.25, -0.2) is 0 Å². The van der Waals surface area contributed by atoms with Crippen LogP contribution in [-0.2, 0) is 0 Å². The van der Waals surface area contributed by atoms with Gasteiger partial charge in [-0.3, -0.25) is 4.90 Å². The van der Waals surface area contributed by atoms with Crippen LogP contribution in [0.1, 0.15) is 32.6 Å². The lowest BCUT2D eigenvalue weighted by Crippen LogP contribution is -2.39. The maximum absolute atomic E-state index is 9.43. The Balaban J connectivity index is 2.25. The molecule has 1 saturated heterocycles. The molecule has 1 atom stereocenters. The van der Waals surface area contributed by atoms with Gasteiger partial charge in [-0.2, -0.15) is 0 Å². The van der Waals surface area contributed by atoms with Gasteiger partial charge in [-0.15, -0.1) is 0 Å². The summed E-state index contributed by atoms with van der Waals surface area (Å²) in [6.07, 6.45) is 4.43. The summed E-state index contributed by atoms with van der Waals surface area (Å²) in [4.78, 5) is 2.17. The van der Waals surface area contributed by atoms with E-state index in [-0.39, 0.29) is 6.23 Å². The summed E-state index contributed by atoms with van der Waals surface area (Å²) < 4.78 is 0. The van der Waals surface area contributed by atoms with E-state index in [9.17, 15) is 5.11 Å². The number of likely N-dealkylation sites (tertiary alicyclic amines) is 1. The lowest BCUT2D eigenvalue weighted by molar-refractivity contribution is -0.0233. The fourth-order valence-electron chi connectivity index (χ4n) is 1.52. The van der Waals surface area contributed by atoms with Gasteiger partial charge in [0.05, 0.1) is 0 Å². The van der Waals surface area contributed by atoms with E-state index >= 15 is 0 Å². The van der Waals surface area contributed by atoms with Gasteiger partial charge in [0.15, 0.2) is 0 Å². The SMILES string of the molecule is CCCN1CCCCC1O. The molecule has 1 aliphatic rings. The second kappa shape index (κ2) is 3.94. The molecule has 0 bridgehead atoms. The van der Waals surface area contributed by atoms with Crippen LogP contribution in [0.2, 0.25) is 0 Å². The summed E-state index contributed by atoms with van der Waals surface area (Å²) in [5.74, 6) is 0. The number of aliphatic hydroxyl groups excluding tert-OH is 1. The van der Waals surface area contributed by atoms with Gasteiger partial charge in [0.25, 0.3) is 0 Å². The van der Waals surface area contributed by atoms with Crippen molar-refractivity contribution in [2.45, 2.75) is 38.8 Å². The van der Waals surface area contributed by atoms with Gasteiger partial charge < -0.3 is 5.11 Å². The molecule has 0 aromatic carbocycles. The summed E-state index contributed by atoms with van der Waals surface area (Å²) in [5.41, 5.74) is 0. The van der Waals surface area contributed by atoms with Crippen molar-refractivity contribution in [3.8, 4) is 0 Å². The molecular formula is C8H17NO. The number of aliphatic hydroxyl groups is 1. The van der Waals surface area contributed by atoms with Gasteiger partial charge in [0, 0.05) is 13.1 Å². The van der Waals surface area contributed by atoms with Crippen LogP contribution in [0.3, 0.4) is 0 Å². The molecule has 1 N–H and O–H groups in total. The minimum Gasteiger partial charge on any atom is -0.378 e. The van der Waals surface area contributed by atoms with E-state index in [2.05, 4.69) is 11.8 Å². The Morgan fingerprint density at radius 3 is 2.90 bits per heavy atom. The Bertz CT molecular complexity index is 93.3. The maximum atomic E-state index is 9.43. The highest BCUT2D eigenvalue weighted by Crippen LogP contribution is 2.14. The molecule has 10 heavy (non-hydrogen) atoms. The van der Waals surface area contributed by atoms with Crippen LogP contribution in [0.4, 0.5) is 0 Å². The number of hydrogen-bond donors (Lipinski definition) is 1. The normalized spacial score (nSPS) is 28.8. The minimum atomic E-state index is -0.145. The molecule has 1 rings (SSSR count). The molecule has 0 aliphatic carbocycles. The van der Waals surface area contributed by atoms with Crippen molar-refractivity contribution in [1.29, 1.82) is 0 Å². The number of hydrogen-bond acceptors (Lipinski definition) is 2. The van der Waals surface area contributed by atoms with E-state index in [0.717, 1.165) is 25.9 Å². The molecule has 1 aliphatic heterocycles. The third kappa shape index (κ3) is 1.96. The fraction of sp³-hybridized carbons (Fsp3) is 1.00. The second-order valence-electron chi connectivity index (χ2n) is 3.01. The van der Waals surface area contributed by atoms with Crippen molar-refractivity contribution in [3.05, 3.63) is 0 Å².